The molecule has 0 aliphatic heterocycles. The Morgan fingerprint density at radius 2 is 0.848 bits per heavy atom. The molecule has 0 fully saturated rings. The summed E-state index contributed by atoms with van der Waals surface area (Å²) in [6.07, 6.45) is 0. The van der Waals surface area contributed by atoms with Crippen molar-refractivity contribution in [3.8, 4) is 22.9 Å². The van der Waals surface area contributed by atoms with Crippen LogP contribution in [0.4, 0.5) is 0 Å². The molecule has 1 aromatic heterocycles. The van der Waals surface area contributed by atoms with Crippen LogP contribution in [0.2, 0.25) is 0 Å². The number of aromatic nitrogens is 2. The summed E-state index contributed by atoms with van der Waals surface area (Å²) >= 11 is 0. The zero-order chi connectivity index (χ0) is 23.4. The third-order valence-corrected chi connectivity index (χ3v) is 6.35. The topological polar surface area (TPSA) is 38.9 Å². The normalized spacial score (nSPS) is 12.5. The molecule has 1 heterocycles. The first-order valence-corrected chi connectivity index (χ1v) is 11.5. The molecule has 3 heteroatoms. The van der Waals surface area contributed by atoms with Crippen LogP contribution in [0.15, 0.2) is 77.2 Å². The molecule has 0 N–H and O–H groups in total. The summed E-state index contributed by atoms with van der Waals surface area (Å²) in [5, 5.41) is 13.6. The molecule has 0 amide bonds. The number of benzene rings is 4. The average molecular weight is 435 g/mol. The molecule has 0 aliphatic carbocycles. The van der Waals surface area contributed by atoms with E-state index in [2.05, 4.69) is 125 Å². The molecule has 0 radical (unpaired) electrons. The first-order chi connectivity index (χ1) is 15.6. The van der Waals surface area contributed by atoms with Gasteiger partial charge in [-0.1, -0.05) is 102 Å². The number of hydrogen-bond acceptors (Lipinski definition) is 3. The molecule has 4 aromatic carbocycles. The Morgan fingerprint density at radius 3 is 1.21 bits per heavy atom. The highest BCUT2D eigenvalue weighted by Gasteiger charge is 2.22. The Balaban J connectivity index is 1.67. The van der Waals surface area contributed by atoms with Crippen molar-refractivity contribution in [2.45, 2.75) is 52.4 Å². The maximum atomic E-state index is 6.30. The van der Waals surface area contributed by atoms with Crippen LogP contribution in [-0.2, 0) is 10.8 Å². The second kappa shape index (κ2) is 7.55. The van der Waals surface area contributed by atoms with Gasteiger partial charge in [0.1, 0.15) is 0 Å². The second-order valence-electron chi connectivity index (χ2n) is 10.8. The molecule has 33 heavy (non-hydrogen) atoms. The molecule has 5 aromatic rings. The van der Waals surface area contributed by atoms with Gasteiger partial charge in [0.2, 0.25) is 11.8 Å². The third-order valence-electron chi connectivity index (χ3n) is 6.35. The molecule has 0 bridgehead atoms. The Morgan fingerprint density at radius 1 is 0.485 bits per heavy atom. The van der Waals surface area contributed by atoms with Crippen molar-refractivity contribution in [1.82, 2.24) is 10.2 Å². The van der Waals surface area contributed by atoms with Gasteiger partial charge in [0.25, 0.3) is 0 Å². The summed E-state index contributed by atoms with van der Waals surface area (Å²) in [4.78, 5) is 0. The van der Waals surface area contributed by atoms with E-state index in [-0.39, 0.29) is 10.8 Å². The van der Waals surface area contributed by atoms with E-state index in [1.165, 1.54) is 21.9 Å². The SMILES string of the molecule is CC(C)(C)c1ccc(-c2nnc(-c3ccc(C(C)(C)C)c4ccccc34)o2)c2ccccc12. The van der Waals surface area contributed by atoms with Crippen LogP contribution in [0, 0.1) is 0 Å². The summed E-state index contributed by atoms with van der Waals surface area (Å²) in [6, 6.07) is 25.5. The van der Waals surface area contributed by atoms with Gasteiger partial charge in [-0.05, 0) is 55.6 Å². The summed E-state index contributed by atoms with van der Waals surface area (Å²) in [5.41, 5.74) is 4.65. The maximum Gasteiger partial charge on any atom is 0.248 e. The number of rotatable bonds is 2. The molecule has 0 atom stereocenters. The summed E-state index contributed by atoms with van der Waals surface area (Å²) in [5.74, 6) is 1.09. The predicted molar refractivity (Wildman–Crippen MR) is 138 cm³/mol. The predicted octanol–water partition coefficient (Wildman–Crippen LogP) is 8.31. The molecule has 0 aliphatic rings. The molecule has 166 valence electrons. The van der Waals surface area contributed by atoms with E-state index in [0.717, 1.165) is 21.9 Å². The van der Waals surface area contributed by atoms with E-state index in [9.17, 15) is 0 Å². The van der Waals surface area contributed by atoms with Gasteiger partial charge in [0.05, 0.1) is 0 Å². The Bertz CT molecular complexity index is 1370. The van der Waals surface area contributed by atoms with Crippen molar-refractivity contribution >= 4 is 21.5 Å². The summed E-state index contributed by atoms with van der Waals surface area (Å²) < 4.78 is 6.30. The fourth-order valence-electron chi connectivity index (χ4n) is 4.72. The van der Waals surface area contributed by atoms with Gasteiger partial charge in [-0.2, -0.15) is 0 Å². The zero-order valence-corrected chi connectivity index (χ0v) is 20.2. The van der Waals surface area contributed by atoms with E-state index in [1.807, 2.05) is 0 Å². The largest absolute Gasteiger partial charge is 0.416 e. The van der Waals surface area contributed by atoms with Gasteiger partial charge >= 0.3 is 0 Å². The smallest absolute Gasteiger partial charge is 0.248 e. The quantitative estimate of drug-likeness (QED) is 0.280. The lowest BCUT2D eigenvalue weighted by Crippen LogP contribution is -2.11. The Labute approximate surface area is 195 Å². The van der Waals surface area contributed by atoms with E-state index >= 15 is 0 Å². The first-order valence-electron chi connectivity index (χ1n) is 11.5. The van der Waals surface area contributed by atoms with Crippen molar-refractivity contribution in [2.24, 2.45) is 0 Å². The molecule has 0 unspecified atom stereocenters. The van der Waals surface area contributed by atoms with Crippen LogP contribution in [-0.4, -0.2) is 10.2 Å². The van der Waals surface area contributed by atoms with Crippen LogP contribution < -0.4 is 0 Å². The molecular weight excluding hydrogens is 404 g/mol. The fourth-order valence-corrected chi connectivity index (χ4v) is 4.72. The molecule has 0 saturated carbocycles. The van der Waals surface area contributed by atoms with Crippen molar-refractivity contribution in [3.63, 3.8) is 0 Å². The minimum atomic E-state index is 0.0475. The third kappa shape index (κ3) is 3.72. The minimum Gasteiger partial charge on any atom is -0.416 e. The van der Waals surface area contributed by atoms with Gasteiger partial charge < -0.3 is 4.42 Å². The zero-order valence-electron chi connectivity index (χ0n) is 20.2. The van der Waals surface area contributed by atoms with E-state index in [0.29, 0.717) is 11.8 Å². The lowest BCUT2D eigenvalue weighted by molar-refractivity contribution is 0.583. The van der Waals surface area contributed by atoms with Gasteiger partial charge in [-0.25, -0.2) is 0 Å². The van der Waals surface area contributed by atoms with Crippen molar-refractivity contribution < 1.29 is 4.42 Å². The first kappa shape index (κ1) is 21.4. The van der Waals surface area contributed by atoms with Crippen LogP contribution in [0.5, 0.6) is 0 Å². The van der Waals surface area contributed by atoms with E-state index in [1.54, 1.807) is 0 Å². The highest BCUT2D eigenvalue weighted by molar-refractivity contribution is 5.99. The molecule has 0 saturated heterocycles. The van der Waals surface area contributed by atoms with Crippen molar-refractivity contribution in [2.75, 3.05) is 0 Å². The summed E-state index contributed by atoms with van der Waals surface area (Å²) in [6.45, 7) is 13.5. The van der Waals surface area contributed by atoms with Crippen molar-refractivity contribution in [1.29, 1.82) is 0 Å². The Kier molecular flexibility index (Phi) is 4.89. The van der Waals surface area contributed by atoms with Gasteiger partial charge in [0.15, 0.2) is 0 Å². The molecule has 0 spiro atoms. The lowest BCUT2D eigenvalue weighted by atomic mass is 9.82. The summed E-state index contributed by atoms with van der Waals surface area (Å²) in [7, 11) is 0. The van der Waals surface area contributed by atoms with Crippen LogP contribution in [0.25, 0.3) is 44.5 Å². The molecule has 3 nitrogen and oxygen atoms in total. The monoisotopic (exact) mass is 434 g/mol. The van der Waals surface area contributed by atoms with Gasteiger partial charge in [0, 0.05) is 11.1 Å². The lowest BCUT2D eigenvalue weighted by Gasteiger charge is -2.22. The highest BCUT2D eigenvalue weighted by Crippen LogP contribution is 2.38. The molecule has 5 rings (SSSR count). The minimum absolute atomic E-state index is 0.0475. The highest BCUT2D eigenvalue weighted by atomic mass is 16.4. The van der Waals surface area contributed by atoms with Crippen LogP contribution >= 0.6 is 0 Å². The van der Waals surface area contributed by atoms with Crippen molar-refractivity contribution in [3.05, 3.63) is 83.9 Å². The van der Waals surface area contributed by atoms with Crippen LogP contribution in [0.1, 0.15) is 52.7 Å². The van der Waals surface area contributed by atoms with E-state index in [4.69, 9.17) is 4.42 Å². The maximum absolute atomic E-state index is 6.30. The molecular formula is C30H30N2O. The number of hydrogen-bond donors (Lipinski definition) is 0. The number of fused-ring (bicyclic) bond motifs is 2. The Hall–Kier alpha value is -3.46. The van der Waals surface area contributed by atoms with E-state index < -0.39 is 0 Å². The van der Waals surface area contributed by atoms with Gasteiger partial charge in [-0.15, -0.1) is 10.2 Å². The van der Waals surface area contributed by atoms with Gasteiger partial charge in [-0.3, -0.25) is 0 Å². The fraction of sp³-hybridized carbons (Fsp3) is 0.267. The standard InChI is InChI=1S/C30H30N2O/c1-29(2,3)25-17-15-23(19-11-7-9-13-21(19)25)27-31-32-28(33-27)24-16-18-26(30(4,5)6)22-14-10-8-12-20(22)24/h7-18H,1-6H3. The number of nitrogens with zero attached hydrogens (tertiary/aromatic N) is 2. The van der Waals surface area contributed by atoms with Crippen LogP contribution in [0.3, 0.4) is 0 Å². The average Bonchev–Trinajstić information content (AvgIpc) is 3.26. The second-order valence-corrected chi connectivity index (χ2v) is 10.8.